The van der Waals surface area contributed by atoms with Gasteiger partial charge in [0.05, 0.1) is 29.7 Å². The molecule has 1 aromatic heterocycles. The third-order valence-electron chi connectivity index (χ3n) is 12.0. The van der Waals surface area contributed by atoms with Gasteiger partial charge in [0, 0.05) is 23.3 Å². The number of halogens is 8. The number of ether oxygens (including phenoxy) is 1. The first kappa shape index (κ1) is 61.5. The molecule has 3 nitrogen and oxygen atoms in total. The molecule has 5 aromatic carbocycles. The summed E-state index contributed by atoms with van der Waals surface area (Å²) >= 11 is 0. The number of rotatable bonds is 5. The molecule has 0 amide bonds. The number of hydrogen-bond donors (Lipinski definition) is 1. The van der Waals surface area contributed by atoms with Gasteiger partial charge in [-0.3, -0.25) is 25.9 Å². The highest BCUT2D eigenvalue weighted by atomic mass is 19.4. The Hall–Kier alpha value is -6.75. The zero-order chi connectivity index (χ0) is 53.2. The van der Waals surface area contributed by atoms with E-state index in [4.69, 9.17) is 9.15 Å². The molecule has 0 spiro atoms. The minimum atomic E-state index is -3.67. The predicted octanol–water partition coefficient (Wildman–Crippen LogP) is 11.1. The number of para-hydroxylation sites is 1. The van der Waals surface area contributed by atoms with E-state index in [1.165, 1.54) is 44.5 Å². The van der Waals surface area contributed by atoms with Crippen LogP contribution in [0.1, 0.15) is 128 Å². The fourth-order valence-electron chi connectivity index (χ4n) is 7.85. The maximum Gasteiger partial charge on any atom is 0.762 e. The molecule has 74 heavy (non-hydrogen) atoms. The van der Waals surface area contributed by atoms with Gasteiger partial charge in [0.15, 0.2) is 6.21 Å². The Bertz CT molecular complexity index is 2830. The van der Waals surface area contributed by atoms with Gasteiger partial charge in [-0.15, -0.1) is 0 Å². The number of hydrogen-bond acceptors (Lipinski definition) is 1. The van der Waals surface area contributed by atoms with Crippen LogP contribution < -0.4 is 14.4 Å². The second-order valence-corrected chi connectivity index (χ2v) is 21.9. The van der Waals surface area contributed by atoms with Crippen molar-refractivity contribution in [2.45, 2.75) is 112 Å². The summed E-state index contributed by atoms with van der Waals surface area (Å²) in [5.41, 5.74) is 16.3. The van der Waals surface area contributed by atoms with E-state index in [0.29, 0.717) is 0 Å². The number of aryl methyl sites for hydroxylation is 1. The van der Waals surface area contributed by atoms with Crippen LogP contribution in [-0.2, 0) is 26.4 Å². The Morgan fingerprint density at radius 2 is 0.878 bits per heavy atom. The summed E-state index contributed by atoms with van der Waals surface area (Å²) in [4.78, 5) is 3.35. The van der Waals surface area contributed by atoms with Crippen LogP contribution in [0.5, 0.6) is 0 Å². The van der Waals surface area contributed by atoms with Crippen molar-refractivity contribution in [3.63, 3.8) is 0 Å². The first-order chi connectivity index (χ1) is 33.6. The van der Waals surface area contributed by atoms with Gasteiger partial charge in [-0.05, 0) is 103 Å². The summed E-state index contributed by atoms with van der Waals surface area (Å²) in [6, 6.07) is 47.8. The van der Waals surface area contributed by atoms with E-state index in [1.807, 2.05) is 19.2 Å². The highest BCUT2D eigenvalue weighted by molar-refractivity contribution is 6.33. The smallest absolute Gasteiger partial charge is 0.762 e. The maximum absolute atomic E-state index is 9.67. The van der Waals surface area contributed by atoms with Gasteiger partial charge in [-0.1, -0.05) is 180 Å². The lowest BCUT2D eigenvalue weighted by Gasteiger charge is -2.22. The van der Waals surface area contributed by atoms with Crippen LogP contribution in [0.25, 0.3) is 39.4 Å². The fraction of sp³-hybridized carbons (Fsp3) is 0.279. The molecule has 3 heterocycles. The molecule has 2 aliphatic rings. The Morgan fingerprint density at radius 3 is 1.32 bits per heavy atom. The molecule has 390 valence electrons. The van der Waals surface area contributed by atoms with Crippen molar-refractivity contribution in [1.29, 1.82) is 0 Å². The largest absolute Gasteiger partial charge is 1.00 e. The third kappa shape index (κ3) is 18.0. The predicted molar refractivity (Wildman–Crippen MR) is 291 cm³/mol. The van der Waals surface area contributed by atoms with Gasteiger partial charge in [0.25, 0.3) is 0 Å². The molecule has 0 atom stereocenters. The average molecular weight is 1020 g/mol. The van der Waals surface area contributed by atoms with Crippen molar-refractivity contribution in [2.75, 3.05) is 0 Å². The van der Waals surface area contributed by atoms with Crippen molar-refractivity contribution in [3.05, 3.63) is 208 Å². The Balaban J connectivity index is 0.000000344. The molecule has 0 fully saturated rings. The molecule has 6 aromatic rings. The number of allylic oxidation sites excluding steroid dienone is 6. The molecule has 13 heteroatoms. The third-order valence-corrected chi connectivity index (χ3v) is 12.0. The van der Waals surface area contributed by atoms with Crippen LogP contribution in [0.2, 0.25) is 0 Å². The van der Waals surface area contributed by atoms with E-state index in [9.17, 15) is 25.9 Å². The van der Waals surface area contributed by atoms with Crippen LogP contribution >= 0.6 is 0 Å². The Morgan fingerprint density at radius 1 is 0.473 bits per heavy atom. The summed E-state index contributed by atoms with van der Waals surface area (Å²) in [5.74, 6) is 3.50. The number of benzene rings is 5. The van der Waals surface area contributed by atoms with Crippen molar-refractivity contribution in [3.8, 4) is 22.5 Å². The van der Waals surface area contributed by atoms with Crippen molar-refractivity contribution >= 4 is 43.9 Å². The summed E-state index contributed by atoms with van der Waals surface area (Å²) in [7, 11) is -7.33. The molecular formula is C61H67B2F8NO2. The second-order valence-electron chi connectivity index (χ2n) is 21.9. The number of fused-ring (bicyclic) bond motifs is 1. The minimum absolute atomic E-state index is 0. The van der Waals surface area contributed by atoms with Crippen molar-refractivity contribution in [1.82, 2.24) is 0 Å². The van der Waals surface area contributed by atoms with E-state index < -0.39 is 15.1 Å². The van der Waals surface area contributed by atoms with Gasteiger partial charge in [-0.25, -0.2) is 9.41 Å². The highest BCUT2D eigenvalue weighted by Crippen LogP contribution is 2.36. The number of nitrogens with one attached hydrogen (secondary N) is 1. The SMILES string of the molecule is CC(C)(C)c1ccc(C2=CC(=CC=C3C=[NH+]c4ccccc43)OC(c3ccc(C(C)(C)C)cc3)=C2)cc1.Cc1cc(-c2ccc(C(C)(C)C)cc2)cc(-c2ccc(C(C)(C)C)cc2)[o+]1.FB(F)F.FB(F)F.[F-].[F-]. The van der Waals surface area contributed by atoms with Gasteiger partial charge in [0.1, 0.15) is 11.5 Å². The lowest BCUT2D eigenvalue weighted by atomic mass is 9.85. The molecule has 0 unspecified atom stereocenters. The normalized spacial score (nSPS) is 13.9. The zero-order valence-electron chi connectivity index (χ0n) is 44.6. The van der Waals surface area contributed by atoms with E-state index in [0.717, 1.165) is 51.0 Å². The van der Waals surface area contributed by atoms with Crippen LogP contribution in [0, 0.1) is 6.92 Å². The molecule has 1 N–H and O–H groups in total. The van der Waals surface area contributed by atoms with E-state index in [-0.39, 0.29) is 31.1 Å². The van der Waals surface area contributed by atoms with Gasteiger partial charge in [0.2, 0.25) is 5.69 Å². The summed E-state index contributed by atoms with van der Waals surface area (Å²) in [6.45, 7) is 28.9. The van der Waals surface area contributed by atoms with Crippen LogP contribution in [0.3, 0.4) is 0 Å². The van der Waals surface area contributed by atoms with Gasteiger partial charge < -0.3 is 14.1 Å². The highest BCUT2D eigenvalue weighted by Gasteiger charge is 2.22. The fourth-order valence-corrected chi connectivity index (χ4v) is 7.85. The Kier molecular flexibility index (Phi) is 21.6. The maximum atomic E-state index is 9.67. The molecule has 8 rings (SSSR count). The minimum Gasteiger partial charge on any atom is -1.00 e. The van der Waals surface area contributed by atoms with E-state index >= 15 is 0 Å². The topological polar surface area (TPSA) is 34.5 Å². The lowest BCUT2D eigenvalue weighted by Crippen LogP contribution is -3.00. The molecule has 0 bridgehead atoms. The van der Waals surface area contributed by atoms with E-state index in [2.05, 4.69) is 240 Å². The van der Waals surface area contributed by atoms with Crippen molar-refractivity contribution in [2.24, 2.45) is 0 Å². The van der Waals surface area contributed by atoms with Crippen LogP contribution in [0.15, 0.2) is 168 Å². The second kappa shape index (κ2) is 26.0. The molecule has 0 saturated carbocycles. The molecular weight excluding hydrogens is 952 g/mol. The monoisotopic (exact) mass is 1020 g/mol. The van der Waals surface area contributed by atoms with Crippen LogP contribution in [0.4, 0.5) is 31.6 Å². The zero-order valence-corrected chi connectivity index (χ0v) is 44.6. The summed E-state index contributed by atoms with van der Waals surface area (Å²) < 4.78 is 70.5. The Labute approximate surface area is 434 Å². The van der Waals surface area contributed by atoms with Crippen LogP contribution in [-0.4, -0.2) is 21.3 Å². The molecule has 0 radical (unpaired) electrons. The van der Waals surface area contributed by atoms with Gasteiger partial charge in [-0.2, -0.15) is 0 Å². The molecule has 0 saturated heterocycles. The standard InChI is InChI=1S/C35H35NO.C26H31O.2BF3.2FH/c1-34(2,3)28-16-11-24(12-17-28)27-21-30(20-15-26-23-36-32-10-8-7-9-31(26)32)37-33(22-27)25-13-18-29(19-14-25)35(4,5)6;1-18-16-21(19-8-12-22(13-9-19)25(2,3)4)17-24(27-18)20-10-14-23(15-11-20)26(5,6)7;2*2-1(3)4;;/h7-23H,1-6H3;8-17H,1-7H3;;;2*1H/q;+1;;;;/p-1. The first-order valence-electron chi connectivity index (χ1n) is 24.0. The quantitative estimate of drug-likeness (QED) is 0.106. The lowest BCUT2D eigenvalue weighted by molar-refractivity contribution is -0.342. The average Bonchev–Trinajstić information content (AvgIpc) is 3.72. The van der Waals surface area contributed by atoms with E-state index in [1.54, 1.807) is 0 Å². The summed E-state index contributed by atoms with van der Waals surface area (Å²) in [6.07, 6.45) is 10.5. The molecule has 2 aliphatic heterocycles. The van der Waals surface area contributed by atoms with Gasteiger partial charge >= 0.3 is 26.6 Å². The first-order valence-corrected chi connectivity index (χ1v) is 24.0. The van der Waals surface area contributed by atoms with Crippen molar-refractivity contribution < 1.29 is 49.4 Å². The summed E-state index contributed by atoms with van der Waals surface area (Å²) in [5, 5.41) is 0. The molecule has 0 aliphatic carbocycles.